The Kier molecular flexibility index (Phi) is 9.12. The molecular formula is C30H37N3O5S. The van der Waals surface area contributed by atoms with Crippen LogP contribution in [-0.4, -0.2) is 57.1 Å². The number of nitrogens with zero attached hydrogens (tertiary/aromatic N) is 2. The molecule has 0 saturated heterocycles. The van der Waals surface area contributed by atoms with Crippen molar-refractivity contribution >= 4 is 38.3 Å². The number of carbonyl (C=O) groups excluding carboxylic acids is 2. The second-order valence-electron chi connectivity index (χ2n) is 10.1. The Bertz CT molecular complexity index is 1400. The van der Waals surface area contributed by atoms with Gasteiger partial charge in [0.2, 0.25) is 21.8 Å². The third-order valence-electron chi connectivity index (χ3n) is 7.31. The molecule has 1 saturated carbocycles. The zero-order chi connectivity index (χ0) is 28.0. The summed E-state index contributed by atoms with van der Waals surface area (Å²) in [6.45, 7) is 1.61. The molecule has 9 heteroatoms. The Labute approximate surface area is 231 Å². The van der Waals surface area contributed by atoms with Crippen molar-refractivity contribution in [2.24, 2.45) is 0 Å². The number of hydrogen-bond acceptors (Lipinski definition) is 5. The van der Waals surface area contributed by atoms with Gasteiger partial charge in [-0.25, -0.2) is 8.42 Å². The molecule has 4 rings (SSSR count). The van der Waals surface area contributed by atoms with Crippen LogP contribution in [0.2, 0.25) is 0 Å². The van der Waals surface area contributed by atoms with Crippen molar-refractivity contribution in [3.63, 3.8) is 0 Å². The lowest BCUT2D eigenvalue weighted by molar-refractivity contribution is -0.140. The van der Waals surface area contributed by atoms with E-state index in [4.69, 9.17) is 4.74 Å². The Morgan fingerprint density at radius 1 is 1.00 bits per heavy atom. The van der Waals surface area contributed by atoms with Crippen LogP contribution in [0.4, 0.5) is 5.69 Å². The summed E-state index contributed by atoms with van der Waals surface area (Å²) in [6, 6.07) is 19.5. The van der Waals surface area contributed by atoms with E-state index in [2.05, 4.69) is 5.32 Å². The number of hydrogen-bond donors (Lipinski definition) is 1. The number of nitrogens with one attached hydrogen (secondary N) is 1. The third kappa shape index (κ3) is 6.89. The minimum absolute atomic E-state index is 0.104. The van der Waals surface area contributed by atoms with Gasteiger partial charge in [0.1, 0.15) is 18.3 Å². The molecule has 1 aliphatic rings. The number of benzene rings is 3. The molecule has 1 fully saturated rings. The predicted molar refractivity (Wildman–Crippen MR) is 154 cm³/mol. The zero-order valence-electron chi connectivity index (χ0n) is 22.8. The van der Waals surface area contributed by atoms with Crippen molar-refractivity contribution in [1.29, 1.82) is 0 Å². The second kappa shape index (κ2) is 12.5. The molecule has 0 spiro atoms. The lowest BCUT2D eigenvalue weighted by Crippen LogP contribution is -2.53. The van der Waals surface area contributed by atoms with Gasteiger partial charge in [-0.1, -0.05) is 68.3 Å². The van der Waals surface area contributed by atoms with Gasteiger partial charge in [-0.05, 0) is 48.4 Å². The second-order valence-corrected chi connectivity index (χ2v) is 12.0. The van der Waals surface area contributed by atoms with Gasteiger partial charge in [0.15, 0.2) is 0 Å². The van der Waals surface area contributed by atoms with Crippen LogP contribution in [0, 0.1) is 0 Å². The maximum absolute atomic E-state index is 14.0. The van der Waals surface area contributed by atoms with Crippen LogP contribution in [0.15, 0.2) is 66.7 Å². The normalized spacial score (nSPS) is 14.6. The van der Waals surface area contributed by atoms with Gasteiger partial charge in [-0.2, -0.15) is 0 Å². The molecular weight excluding hydrogens is 514 g/mol. The molecule has 8 nitrogen and oxygen atoms in total. The van der Waals surface area contributed by atoms with Crippen molar-refractivity contribution in [1.82, 2.24) is 10.2 Å². The highest BCUT2D eigenvalue weighted by Gasteiger charge is 2.33. The van der Waals surface area contributed by atoms with E-state index in [1.807, 2.05) is 49.4 Å². The number of ether oxygens (including phenoxy) is 1. The Hall–Kier alpha value is -3.59. The summed E-state index contributed by atoms with van der Waals surface area (Å²) in [5.41, 5.74) is 1.24. The molecule has 0 bridgehead atoms. The third-order valence-corrected chi connectivity index (χ3v) is 8.44. The smallest absolute Gasteiger partial charge is 0.244 e. The maximum atomic E-state index is 14.0. The van der Waals surface area contributed by atoms with Crippen LogP contribution >= 0.6 is 0 Å². The Morgan fingerprint density at radius 3 is 2.31 bits per heavy atom. The van der Waals surface area contributed by atoms with Crippen LogP contribution in [0.3, 0.4) is 0 Å². The van der Waals surface area contributed by atoms with E-state index >= 15 is 0 Å². The van der Waals surface area contributed by atoms with E-state index < -0.39 is 28.5 Å². The monoisotopic (exact) mass is 551 g/mol. The summed E-state index contributed by atoms with van der Waals surface area (Å²) in [7, 11) is -2.24. The first-order valence-electron chi connectivity index (χ1n) is 13.4. The molecule has 2 amide bonds. The number of anilines is 1. The van der Waals surface area contributed by atoms with E-state index in [0.29, 0.717) is 17.9 Å². The molecule has 3 aromatic rings. The number of carbonyl (C=O) groups is 2. The van der Waals surface area contributed by atoms with Gasteiger partial charge in [-0.15, -0.1) is 0 Å². The van der Waals surface area contributed by atoms with E-state index in [0.717, 1.165) is 52.6 Å². The molecule has 39 heavy (non-hydrogen) atoms. The first kappa shape index (κ1) is 28.4. The summed E-state index contributed by atoms with van der Waals surface area (Å²) >= 11 is 0. The fraction of sp³-hybridized carbons (Fsp3) is 0.400. The molecule has 0 aliphatic heterocycles. The van der Waals surface area contributed by atoms with Gasteiger partial charge < -0.3 is 15.0 Å². The van der Waals surface area contributed by atoms with Crippen LogP contribution < -0.4 is 14.4 Å². The SMILES string of the molecule is CCC(C(=O)NC1CCCC1)N(Cc1ccc(OC)cc1)C(=O)CN(c1cccc2ccccc12)S(C)(=O)=O. The molecule has 1 atom stereocenters. The van der Waals surface area contributed by atoms with Crippen molar-refractivity contribution in [3.05, 3.63) is 72.3 Å². The number of amides is 2. The minimum atomic E-state index is -3.82. The molecule has 0 heterocycles. The number of methoxy groups -OCH3 is 1. The van der Waals surface area contributed by atoms with Crippen molar-refractivity contribution in [2.75, 3.05) is 24.2 Å². The van der Waals surface area contributed by atoms with Crippen molar-refractivity contribution in [2.45, 2.75) is 57.7 Å². The van der Waals surface area contributed by atoms with E-state index in [1.165, 1.54) is 4.90 Å². The molecule has 0 radical (unpaired) electrons. The summed E-state index contributed by atoms with van der Waals surface area (Å²) in [4.78, 5) is 28.9. The van der Waals surface area contributed by atoms with Crippen molar-refractivity contribution in [3.8, 4) is 5.75 Å². The number of fused-ring (bicyclic) bond motifs is 1. The van der Waals surface area contributed by atoms with Crippen molar-refractivity contribution < 1.29 is 22.7 Å². The van der Waals surface area contributed by atoms with E-state index in [1.54, 1.807) is 31.4 Å². The predicted octanol–water partition coefficient (Wildman–Crippen LogP) is 4.48. The van der Waals surface area contributed by atoms with E-state index in [9.17, 15) is 18.0 Å². The topological polar surface area (TPSA) is 96.0 Å². The quantitative estimate of drug-likeness (QED) is 0.379. The largest absolute Gasteiger partial charge is 0.497 e. The maximum Gasteiger partial charge on any atom is 0.244 e. The highest BCUT2D eigenvalue weighted by atomic mass is 32.2. The van der Waals surface area contributed by atoms with Gasteiger partial charge in [0, 0.05) is 18.0 Å². The van der Waals surface area contributed by atoms with Crippen LogP contribution in [0.25, 0.3) is 10.8 Å². The standard InChI is InChI=1S/C30H37N3O5S/c1-4-27(30(35)31-24-12-6-7-13-24)32(20-22-16-18-25(38-2)19-17-22)29(34)21-33(39(3,36)37)28-15-9-11-23-10-5-8-14-26(23)28/h5,8-11,14-19,24,27H,4,6-7,12-13,20-21H2,1-3H3,(H,31,35). The summed E-state index contributed by atoms with van der Waals surface area (Å²) in [5, 5.41) is 4.72. The summed E-state index contributed by atoms with van der Waals surface area (Å²) in [6.07, 6.45) is 5.50. The van der Waals surface area contributed by atoms with Gasteiger partial charge >= 0.3 is 0 Å². The number of sulfonamides is 1. The van der Waals surface area contributed by atoms with Crippen LogP contribution in [0.1, 0.15) is 44.6 Å². The average molecular weight is 552 g/mol. The fourth-order valence-corrected chi connectivity index (χ4v) is 6.10. The lowest BCUT2D eigenvalue weighted by atomic mass is 10.1. The molecule has 1 N–H and O–H groups in total. The van der Waals surface area contributed by atoms with Gasteiger partial charge in [0.05, 0.1) is 19.1 Å². The first-order valence-corrected chi connectivity index (χ1v) is 15.2. The van der Waals surface area contributed by atoms with Gasteiger partial charge in [0.25, 0.3) is 0 Å². The van der Waals surface area contributed by atoms with Crippen LogP contribution in [-0.2, 0) is 26.2 Å². The fourth-order valence-electron chi connectivity index (χ4n) is 5.24. The Morgan fingerprint density at radius 2 is 1.67 bits per heavy atom. The Balaban J connectivity index is 1.68. The van der Waals surface area contributed by atoms with E-state index in [-0.39, 0.29) is 18.5 Å². The van der Waals surface area contributed by atoms with Gasteiger partial charge in [-0.3, -0.25) is 13.9 Å². The van der Waals surface area contributed by atoms with Crippen LogP contribution in [0.5, 0.6) is 5.75 Å². The minimum Gasteiger partial charge on any atom is -0.497 e. The lowest BCUT2D eigenvalue weighted by Gasteiger charge is -2.33. The molecule has 208 valence electrons. The highest BCUT2D eigenvalue weighted by Crippen LogP contribution is 2.29. The zero-order valence-corrected chi connectivity index (χ0v) is 23.6. The highest BCUT2D eigenvalue weighted by molar-refractivity contribution is 7.92. The molecule has 1 unspecified atom stereocenters. The first-order chi connectivity index (χ1) is 18.7. The number of rotatable bonds is 11. The summed E-state index contributed by atoms with van der Waals surface area (Å²) in [5.74, 6) is 0.0294. The molecule has 1 aliphatic carbocycles. The molecule has 0 aromatic heterocycles. The molecule has 3 aromatic carbocycles. The average Bonchev–Trinajstić information content (AvgIpc) is 3.44. The summed E-state index contributed by atoms with van der Waals surface area (Å²) < 4.78 is 32.5.